The van der Waals surface area contributed by atoms with Crippen molar-refractivity contribution in [3.05, 3.63) is 23.6 Å². The van der Waals surface area contributed by atoms with Gasteiger partial charge in [-0.1, -0.05) is 19.9 Å². The number of nitrogens with one attached hydrogen (secondary N) is 1. The van der Waals surface area contributed by atoms with Crippen LogP contribution in [0.2, 0.25) is 0 Å². The van der Waals surface area contributed by atoms with E-state index in [9.17, 15) is 4.39 Å². The molecule has 0 aliphatic heterocycles. The molecule has 0 radical (unpaired) electrons. The molecule has 0 unspecified atom stereocenters. The number of pyridine rings is 1. The number of halogens is 1. The van der Waals surface area contributed by atoms with E-state index in [4.69, 9.17) is 0 Å². The topological polar surface area (TPSA) is 24.9 Å². The van der Waals surface area contributed by atoms with Crippen LogP contribution >= 0.6 is 0 Å². The fourth-order valence-corrected chi connectivity index (χ4v) is 0.758. The van der Waals surface area contributed by atoms with Crippen molar-refractivity contribution in [2.24, 2.45) is 0 Å². The summed E-state index contributed by atoms with van der Waals surface area (Å²) < 4.78 is 12.4. The third-order valence-electron chi connectivity index (χ3n) is 1.30. The molecule has 0 aliphatic carbocycles. The lowest BCUT2D eigenvalue weighted by Gasteiger charge is -2.01. The molecule has 0 fully saturated rings. The van der Waals surface area contributed by atoms with E-state index in [0.29, 0.717) is 5.82 Å². The molecule has 1 heterocycles. The maximum atomic E-state index is 12.4. The minimum atomic E-state index is -0.449. The maximum Gasteiger partial charge on any atom is 0.214 e. The minimum Gasteiger partial charge on any atom is -0.373 e. The summed E-state index contributed by atoms with van der Waals surface area (Å²) in [4.78, 5) is 3.61. The van der Waals surface area contributed by atoms with Crippen LogP contribution in [0, 0.1) is 12.9 Å². The van der Waals surface area contributed by atoms with Gasteiger partial charge in [0.1, 0.15) is 5.82 Å². The Morgan fingerprint density at radius 2 is 1.92 bits per heavy atom. The molecule has 1 N–H and O–H groups in total. The van der Waals surface area contributed by atoms with Crippen LogP contribution in [0.15, 0.2) is 12.1 Å². The number of hydrogen-bond acceptors (Lipinski definition) is 2. The Morgan fingerprint density at radius 1 is 1.33 bits per heavy atom. The van der Waals surface area contributed by atoms with Crippen LogP contribution in [0.4, 0.5) is 10.2 Å². The first-order valence-corrected chi connectivity index (χ1v) is 4.05. The predicted octanol–water partition coefficient (Wildman–Crippen LogP) is 2.60. The Hall–Kier alpha value is -1.12. The lowest BCUT2D eigenvalue weighted by Crippen LogP contribution is -1.96. The SMILES string of the molecule is CC.CNc1nc(F)ccc1C. The first kappa shape index (κ1) is 10.9. The molecule has 0 atom stereocenters. The second-order valence-corrected chi connectivity index (χ2v) is 2.05. The molecule has 12 heavy (non-hydrogen) atoms. The summed E-state index contributed by atoms with van der Waals surface area (Å²) in [5.41, 5.74) is 0.948. The molecule has 0 aromatic carbocycles. The lowest BCUT2D eigenvalue weighted by atomic mass is 10.3. The Bertz CT molecular complexity index is 236. The van der Waals surface area contributed by atoms with Crippen LogP contribution in [0.25, 0.3) is 0 Å². The third-order valence-corrected chi connectivity index (χ3v) is 1.30. The van der Waals surface area contributed by atoms with Gasteiger partial charge in [-0.15, -0.1) is 0 Å². The van der Waals surface area contributed by atoms with Gasteiger partial charge < -0.3 is 5.32 Å². The Labute approximate surface area is 72.8 Å². The molecule has 2 nitrogen and oxygen atoms in total. The average molecular weight is 170 g/mol. The molecule has 3 heteroatoms. The third kappa shape index (κ3) is 2.86. The summed E-state index contributed by atoms with van der Waals surface area (Å²) in [7, 11) is 1.72. The number of aryl methyl sites for hydroxylation is 1. The van der Waals surface area contributed by atoms with Gasteiger partial charge in [-0.25, -0.2) is 4.98 Å². The van der Waals surface area contributed by atoms with Gasteiger partial charge in [0.25, 0.3) is 0 Å². The van der Waals surface area contributed by atoms with Crippen LogP contribution in [0.3, 0.4) is 0 Å². The highest BCUT2D eigenvalue weighted by Gasteiger charge is 1.97. The Morgan fingerprint density at radius 3 is 2.33 bits per heavy atom. The summed E-state index contributed by atoms with van der Waals surface area (Å²) in [5, 5.41) is 2.78. The normalized spacial score (nSPS) is 8.42. The second-order valence-electron chi connectivity index (χ2n) is 2.05. The number of hydrogen-bond donors (Lipinski definition) is 1. The molecule has 1 rings (SSSR count). The second kappa shape index (κ2) is 5.52. The number of aromatic nitrogens is 1. The number of nitrogens with zero attached hydrogens (tertiary/aromatic N) is 1. The zero-order chi connectivity index (χ0) is 9.56. The van der Waals surface area contributed by atoms with E-state index in [1.54, 1.807) is 13.1 Å². The number of anilines is 1. The van der Waals surface area contributed by atoms with Crippen molar-refractivity contribution in [1.29, 1.82) is 0 Å². The van der Waals surface area contributed by atoms with Crippen molar-refractivity contribution in [2.75, 3.05) is 12.4 Å². The van der Waals surface area contributed by atoms with Crippen LogP contribution in [0.5, 0.6) is 0 Å². The molecule has 0 aliphatic rings. The van der Waals surface area contributed by atoms with E-state index in [-0.39, 0.29) is 0 Å². The smallest absolute Gasteiger partial charge is 0.214 e. The van der Waals surface area contributed by atoms with Crippen molar-refractivity contribution < 1.29 is 4.39 Å². The van der Waals surface area contributed by atoms with Crippen molar-refractivity contribution in [3.63, 3.8) is 0 Å². The molecule has 1 aromatic heterocycles. The van der Waals surface area contributed by atoms with E-state index in [0.717, 1.165) is 5.56 Å². The summed E-state index contributed by atoms with van der Waals surface area (Å²) in [6.45, 7) is 5.87. The van der Waals surface area contributed by atoms with Gasteiger partial charge in [-0.3, -0.25) is 0 Å². The lowest BCUT2D eigenvalue weighted by molar-refractivity contribution is 0.584. The van der Waals surface area contributed by atoms with E-state index in [1.165, 1.54) is 6.07 Å². The van der Waals surface area contributed by atoms with Gasteiger partial charge >= 0.3 is 0 Å². The first-order valence-electron chi connectivity index (χ1n) is 4.05. The summed E-state index contributed by atoms with van der Waals surface area (Å²) >= 11 is 0. The molecule has 0 saturated carbocycles. The summed E-state index contributed by atoms with van der Waals surface area (Å²) in [5.74, 6) is 0.148. The zero-order valence-corrected chi connectivity index (χ0v) is 7.98. The fraction of sp³-hybridized carbons (Fsp3) is 0.444. The van der Waals surface area contributed by atoms with Crippen LogP contribution in [0.1, 0.15) is 19.4 Å². The molecule has 0 bridgehead atoms. The quantitative estimate of drug-likeness (QED) is 0.655. The standard InChI is InChI=1S/C7H9FN2.C2H6/c1-5-3-4-6(8)10-7(5)9-2;1-2/h3-4H,1-2H3,(H,9,10);1-2H3. The monoisotopic (exact) mass is 170 g/mol. The van der Waals surface area contributed by atoms with Gasteiger partial charge in [-0.2, -0.15) is 4.39 Å². The van der Waals surface area contributed by atoms with Gasteiger partial charge in [0.2, 0.25) is 5.95 Å². The number of rotatable bonds is 1. The highest BCUT2D eigenvalue weighted by molar-refractivity contribution is 5.41. The highest BCUT2D eigenvalue weighted by Crippen LogP contribution is 2.09. The van der Waals surface area contributed by atoms with Crippen LogP contribution in [-0.2, 0) is 0 Å². The Balaban J connectivity index is 0.000000561. The maximum absolute atomic E-state index is 12.4. The van der Waals surface area contributed by atoms with Gasteiger partial charge in [0.15, 0.2) is 0 Å². The summed E-state index contributed by atoms with van der Waals surface area (Å²) in [6.07, 6.45) is 0. The molecule has 0 saturated heterocycles. The van der Waals surface area contributed by atoms with E-state index >= 15 is 0 Å². The van der Waals surface area contributed by atoms with E-state index < -0.39 is 5.95 Å². The van der Waals surface area contributed by atoms with Gasteiger partial charge in [0, 0.05) is 7.05 Å². The molecular weight excluding hydrogens is 155 g/mol. The van der Waals surface area contributed by atoms with Crippen LogP contribution in [-0.4, -0.2) is 12.0 Å². The minimum absolute atomic E-state index is 0.449. The zero-order valence-electron chi connectivity index (χ0n) is 7.98. The van der Waals surface area contributed by atoms with Crippen molar-refractivity contribution in [1.82, 2.24) is 4.98 Å². The van der Waals surface area contributed by atoms with Crippen molar-refractivity contribution in [3.8, 4) is 0 Å². The molecule has 1 aromatic rings. The highest BCUT2D eigenvalue weighted by atomic mass is 19.1. The first-order chi connectivity index (χ1) is 5.74. The fourth-order valence-electron chi connectivity index (χ4n) is 0.758. The predicted molar refractivity (Wildman–Crippen MR) is 49.8 cm³/mol. The van der Waals surface area contributed by atoms with Crippen molar-refractivity contribution in [2.45, 2.75) is 20.8 Å². The molecular formula is C9H15FN2. The molecule has 0 spiro atoms. The van der Waals surface area contributed by atoms with E-state index in [1.807, 2.05) is 20.8 Å². The van der Waals surface area contributed by atoms with Gasteiger partial charge in [0.05, 0.1) is 0 Å². The Kier molecular flexibility index (Phi) is 5.00. The van der Waals surface area contributed by atoms with E-state index in [2.05, 4.69) is 10.3 Å². The molecule has 68 valence electrons. The van der Waals surface area contributed by atoms with Crippen molar-refractivity contribution >= 4 is 5.82 Å². The average Bonchev–Trinajstić information content (AvgIpc) is 2.13. The van der Waals surface area contributed by atoms with Gasteiger partial charge in [-0.05, 0) is 18.6 Å². The summed E-state index contributed by atoms with van der Waals surface area (Å²) in [6, 6.07) is 3.03. The largest absolute Gasteiger partial charge is 0.373 e. The van der Waals surface area contributed by atoms with Crippen LogP contribution < -0.4 is 5.32 Å². The molecule has 0 amide bonds.